The van der Waals surface area contributed by atoms with Gasteiger partial charge in [0, 0.05) is 18.1 Å². The zero-order chi connectivity index (χ0) is 21.1. The Hall–Kier alpha value is -3.66. The first-order chi connectivity index (χ1) is 14.5. The molecule has 1 amide bonds. The molecule has 0 aliphatic heterocycles. The first-order valence-corrected chi connectivity index (χ1v) is 9.83. The average molecular weight is 425 g/mol. The number of hydrogen-bond acceptors (Lipinski definition) is 6. The molecule has 2 heterocycles. The quantitative estimate of drug-likeness (QED) is 0.478. The second-order valence-corrected chi connectivity index (χ2v) is 7.14. The zero-order valence-electron chi connectivity index (χ0n) is 15.8. The summed E-state index contributed by atoms with van der Waals surface area (Å²) in [6.07, 6.45) is 3.11. The number of ether oxygens (including phenoxy) is 1. The van der Waals surface area contributed by atoms with E-state index in [9.17, 15) is 14.0 Å². The predicted octanol–water partition coefficient (Wildman–Crippen LogP) is 2.76. The Morgan fingerprint density at radius 3 is 2.70 bits per heavy atom. The maximum Gasteiger partial charge on any atom is 0.300 e. The number of fused-ring (bicyclic) bond motifs is 1. The van der Waals surface area contributed by atoms with E-state index >= 15 is 0 Å². The van der Waals surface area contributed by atoms with E-state index in [-0.39, 0.29) is 17.3 Å². The Morgan fingerprint density at radius 2 is 1.97 bits per heavy atom. The topological polar surface area (TPSA) is 90.5 Å². The second-order valence-electron chi connectivity index (χ2n) is 6.19. The maximum absolute atomic E-state index is 13.5. The molecule has 152 valence electrons. The van der Waals surface area contributed by atoms with E-state index in [1.165, 1.54) is 33.4 Å². The van der Waals surface area contributed by atoms with Crippen molar-refractivity contribution in [1.82, 2.24) is 19.2 Å². The number of benzene rings is 2. The molecule has 30 heavy (non-hydrogen) atoms. The highest BCUT2D eigenvalue weighted by atomic mass is 32.2. The summed E-state index contributed by atoms with van der Waals surface area (Å²) in [5.41, 5.74) is 0.675. The summed E-state index contributed by atoms with van der Waals surface area (Å²) in [5, 5.41) is 11.1. The van der Waals surface area contributed by atoms with E-state index in [0.717, 1.165) is 11.8 Å². The molecule has 0 spiro atoms. The Labute approximate surface area is 174 Å². The van der Waals surface area contributed by atoms with Gasteiger partial charge in [0.15, 0.2) is 5.16 Å². The fraction of sp³-hybridized carbons (Fsp3) is 0.100. The number of amides is 1. The summed E-state index contributed by atoms with van der Waals surface area (Å²) in [5.74, 6) is 0.107. The first kappa shape index (κ1) is 19.6. The van der Waals surface area contributed by atoms with Gasteiger partial charge in [0.1, 0.15) is 11.6 Å². The van der Waals surface area contributed by atoms with Crippen LogP contribution >= 0.6 is 11.8 Å². The molecule has 0 unspecified atom stereocenters. The molecule has 0 saturated carbocycles. The van der Waals surface area contributed by atoms with E-state index in [1.807, 2.05) is 0 Å². The molecule has 2 aromatic carbocycles. The van der Waals surface area contributed by atoms with Crippen molar-refractivity contribution in [2.75, 3.05) is 18.2 Å². The number of methoxy groups -OCH3 is 1. The molecule has 0 saturated heterocycles. The van der Waals surface area contributed by atoms with Crippen molar-refractivity contribution in [2.24, 2.45) is 0 Å². The van der Waals surface area contributed by atoms with Crippen molar-refractivity contribution in [3.8, 4) is 11.4 Å². The van der Waals surface area contributed by atoms with Crippen LogP contribution in [0.15, 0.2) is 70.9 Å². The van der Waals surface area contributed by atoms with Crippen molar-refractivity contribution >= 4 is 29.0 Å². The highest BCUT2D eigenvalue weighted by Crippen LogP contribution is 2.18. The fourth-order valence-corrected chi connectivity index (χ4v) is 3.51. The van der Waals surface area contributed by atoms with E-state index in [4.69, 9.17) is 4.74 Å². The van der Waals surface area contributed by atoms with E-state index in [0.29, 0.717) is 22.3 Å². The smallest absolute Gasteiger partial charge is 0.300 e. The summed E-state index contributed by atoms with van der Waals surface area (Å²) >= 11 is 1.15. The molecule has 4 aromatic rings. The number of nitrogens with one attached hydrogen (secondary N) is 1. The van der Waals surface area contributed by atoms with Crippen molar-refractivity contribution in [1.29, 1.82) is 0 Å². The highest BCUT2D eigenvalue weighted by molar-refractivity contribution is 7.99. The third kappa shape index (κ3) is 4.03. The van der Waals surface area contributed by atoms with Gasteiger partial charge in [-0.3, -0.25) is 18.6 Å². The van der Waals surface area contributed by atoms with Crippen LogP contribution in [0.1, 0.15) is 0 Å². The van der Waals surface area contributed by atoms with Gasteiger partial charge < -0.3 is 10.1 Å². The van der Waals surface area contributed by atoms with Crippen LogP contribution in [0, 0.1) is 5.82 Å². The Kier molecular flexibility index (Phi) is 5.48. The van der Waals surface area contributed by atoms with Gasteiger partial charge in [-0.15, -0.1) is 10.2 Å². The Balaban J connectivity index is 1.49. The summed E-state index contributed by atoms with van der Waals surface area (Å²) < 4.78 is 21.4. The van der Waals surface area contributed by atoms with Crippen molar-refractivity contribution in [2.45, 2.75) is 5.16 Å². The number of anilines is 1. The van der Waals surface area contributed by atoms with Gasteiger partial charge >= 0.3 is 5.56 Å². The van der Waals surface area contributed by atoms with Crippen LogP contribution in [-0.2, 0) is 4.79 Å². The van der Waals surface area contributed by atoms with Gasteiger partial charge in [0.2, 0.25) is 11.6 Å². The van der Waals surface area contributed by atoms with Gasteiger partial charge in [0.05, 0.1) is 18.6 Å². The standard InChI is InChI=1S/C20H16FN5O3S/c1-29-16-7-5-14(6-8-16)22-17(27)12-30-20-24-23-18-19(28)25(9-10-26(18)20)15-4-2-3-13(21)11-15/h2-11H,12H2,1H3,(H,22,27). The lowest BCUT2D eigenvalue weighted by molar-refractivity contribution is -0.113. The van der Waals surface area contributed by atoms with Crippen LogP contribution in [0.25, 0.3) is 11.3 Å². The molecule has 0 fully saturated rings. The van der Waals surface area contributed by atoms with Crippen molar-refractivity contribution < 1.29 is 13.9 Å². The van der Waals surface area contributed by atoms with Crippen LogP contribution < -0.4 is 15.6 Å². The minimum Gasteiger partial charge on any atom is -0.497 e. The number of rotatable bonds is 6. The normalized spacial score (nSPS) is 10.9. The molecule has 8 nitrogen and oxygen atoms in total. The molecular weight excluding hydrogens is 409 g/mol. The molecule has 4 rings (SSSR count). The monoisotopic (exact) mass is 425 g/mol. The van der Waals surface area contributed by atoms with E-state index in [2.05, 4.69) is 15.5 Å². The lowest BCUT2D eigenvalue weighted by Crippen LogP contribution is -2.20. The van der Waals surface area contributed by atoms with E-state index < -0.39 is 11.4 Å². The minimum absolute atomic E-state index is 0.0831. The number of nitrogens with zero attached hydrogens (tertiary/aromatic N) is 4. The predicted molar refractivity (Wildman–Crippen MR) is 111 cm³/mol. The third-order valence-electron chi connectivity index (χ3n) is 4.23. The Morgan fingerprint density at radius 1 is 1.17 bits per heavy atom. The van der Waals surface area contributed by atoms with Crippen LogP contribution in [-0.4, -0.2) is 37.9 Å². The van der Waals surface area contributed by atoms with Gasteiger partial charge in [-0.25, -0.2) is 4.39 Å². The summed E-state index contributed by atoms with van der Waals surface area (Å²) in [6, 6.07) is 12.7. The molecule has 10 heteroatoms. The largest absolute Gasteiger partial charge is 0.497 e. The number of hydrogen-bond donors (Lipinski definition) is 1. The number of aromatic nitrogens is 4. The highest BCUT2D eigenvalue weighted by Gasteiger charge is 2.14. The maximum atomic E-state index is 13.5. The molecular formula is C20H16FN5O3S. The van der Waals surface area contributed by atoms with Crippen molar-refractivity contribution in [3.63, 3.8) is 0 Å². The zero-order valence-corrected chi connectivity index (χ0v) is 16.6. The van der Waals surface area contributed by atoms with Gasteiger partial charge in [-0.05, 0) is 42.5 Å². The third-order valence-corrected chi connectivity index (χ3v) is 5.18. The molecule has 0 bridgehead atoms. The van der Waals surface area contributed by atoms with Gasteiger partial charge in [0.25, 0.3) is 0 Å². The molecule has 0 radical (unpaired) electrons. The fourth-order valence-electron chi connectivity index (χ4n) is 2.80. The number of carbonyl (C=O) groups excluding carboxylic acids is 1. The molecule has 2 aromatic heterocycles. The summed E-state index contributed by atoms with van der Waals surface area (Å²) in [4.78, 5) is 24.9. The number of halogens is 1. The molecule has 1 N–H and O–H groups in total. The number of carbonyl (C=O) groups is 1. The minimum atomic E-state index is -0.445. The van der Waals surface area contributed by atoms with Crippen molar-refractivity contribution in [3.05, 3.63) is 77.1 Å². The van der Waals surface area contributed by atoms with Crippen LogP contribution in [0.3, 0.4) is 0 Å². The molecule has 0 aliphatic carbocycles. The Bertz CT molecular complexity index is 1270. The van der Waals surface area contributed by atoms with Crippen LogP contribution in [0.5, 0.6) is 5.75 Å². The molecule has 0 atom stereocenters. The SMILES string of the molecule is COc1ccc(NC(=O)CSc2nnc3c(=O)n(-c4cccc(F)c4)ccn23)cc1. The second kappa shape index (κ2) is 8.37. The molecule has 0 aliphatic rings. The number of thioether (sulfide) groups is 1. The lowest BCUT2D eigenvalue weighted by atomic mass is 10.3. The van der Waals surface area contributed by atoms with Crippen LogP contribution in [0.4, 0.5) is 10.1 Å². The van der Waals surface area contributed by atoms with Crippen LogP contribution in [0.2, 0.25) is 0 Å². The average Bonchev–Trinajstić information content (AvgIpc) is 3.17. The van der Waals surface area contributed by atoms with Gasteiger partial charge in [-0.1, -0.05) is 17.8 Å². The first-order valence-electron chi connectivity index (χ1n) is 8.84. The van der Waals surface area contributed by atoms with E-state index in [1.54, 1.807) is 43.6 Å². The summed E-state index contributed by atoms with van der Waals surface area (Å²) in [7, 11) is 1.57. The lowest BCUT2D eigenvalue weighted by Gasteiger charge is -2.07. The summed E-state index contributed by atoms with van der Waals surface area (Å²) in [6.45, 7) is 0. The van der Waals surface area contributed by atoms with Gasteiger partial charge in [-0.2, -0.15) is 0 Å².